The van der Waals surface area contributed by atoms with E-state index in [1.54, 1.807) is 18.3 Å². The third-order valence-electron chi connectivity index (χ3n) is 9.03. The first-order chi connectivity index (χ1) is 18.3. The molecule has 2 aliphatic rings. The molecule has 190 valence electrons. The fraction of sp³-hybridized carbons (Fsp3) is 0.312. The van der Waals surface area contributed by atoms with E-state index < -0.39 is 10.8 Å². The molecule has 38 heavy (non-hydrogen) atoms. The van der Waals surface area contributed by atoms with E-state index in [1.165, 1.54) is 6.07 Å². The van der Waals surface area contributed by atoms with Gasteiger partial charge in [0.2, 0.25) is 0 Å². The zero-order chi connectivity index (χ0) is 26.7. The Morgan fingerprint density at radius 2 is 1.82 bits per heavy atom. The number of nitrogens with zero attached hydrogens (tertiary/aromatic N) is 4. The lowest BCUT2D eigenvalue weighted by Crippen LogP contribution is -2.50. The summed E-state index contributed by atoms with van der Waals surface area (Å²) in [5, 5.41) is 22.1. The topological polar surface area (TPSA) is 82.7 Å². The normalized spacial score (nSPS) is 24.6. The molecule has 0 saturated carbocycles. The maximum atomic E-state index is 15.3. The molecule has 4 aromatic rings. The zero-order valence-electron chi connectivity index (χ0n) is 21.8. The van der Waals surface area contributed by atoms with Crippen molar-refractivity contribution in [2.45, 2.75) is 51.9 Å². The molecule has 0 aliphatic heterocycles. The van der Waals surface area contributed by atoms with E-state index in [1.807, 2.05) is 36.4 Å². The number of allylic oxidation sites excluding steroid dienone is 2. The van der Waals surface area contributed by atoms with Crippen molar-refractivity contribution in [3.05, 3.63) is 89.2 Å². The lowest BCUT2D eigenvalue weighted by molar-refractivity contribution is 0.0455. The Labute approximate surface area is 221 Å². The number of rotatable bonds is 3. The molecule has 0 saturated heterocycles. The predicted octanol–water partition coefficient (Wildman–Crippen LogP) is 7.47. The van der Waals surface area contributed by atoms with Gasteiger partial charge in [0, 0.05) is 39.1 Å². The first-order valence-electron chi connectivity index (χ1n) is 13.1. The lowest BCUT2D eigenvalue weighted by atomic mass is 9.50. The van der Waals surface area contributed by atoms with Gasteiger partial charge in [0.1, 0.15) is 11.6 Å². The lowest BCUT2D eigenvalue weighted by Gasteiger charge is -2.53. The van der Waals surface area contributed by atoms with Crippen molar-refractivity contribution in [2.75, 3.05) is 0 Å². The number of aliphatic hydroxyl groups is 1. The number of hydrogen-bond donors (Lipinski definition) is 1. The second-order valence-electron chi connectivity index (χ2n) is 11.0. The highest BCUT2D eigenvalue weighted by Crippen LogP contribution is 2.60. The van der Waals surface area contributed by atoms with Crippen LogP contribution in [-0.4, -0.2) is 20.1 Å². The van der Waals surface area contributed by atoms with Gasteiger partial charge in [0.05, 0.1) is 28.5 Å². The Morgan fingerprint density at radius 1 is 1.05 bits per heavy atom. The maximum Gasteiger partial charge on any atom is 0.160 e. The summed E-state index contributed by atoms with van der Waals surface area (Å²) in [7, 11) is 0. The third-order valence-corrected chi connectivity index (χ3v) is 9.03. The van der Waals surface area contributed by atoms with Gasteiger partial charge >= 0.3 is 0 Å². The molecule has 3 atom stereocenters. The molecule has 0 bridgehead atoms. The minimum atomic E-state index is -0.553. The van der Waals surface area contributed by atoms with Crippen molar-refractivity contribution < 1.29 is 9.50 Å². The fourth-order valence-corrected chi connectivity index (χ4v) is 6.95. The molecule has 2 heterocycles. The third kappa shape index (κ3) is 3.38. The molecule has 0 radical (unpaired) electrons. The highest BCUT2D eigenvalue weighted by atomic mass is 19.1. The van der Waals surface area contributed by atoms with Gasteiger partial charge in [-0.2, -0.15) is 5.26 Å². The second-order valence-corrected chi connectivity index (χ2v) is 11.0. The van der Waals surface area contributed by atoms with Gasteiger partial charge in [-0.25, -0.2) is 14.4 Å². The van der Waals surface area contributed by atoms with Crippen LogP contribution in [0.3, 0.4) is 0 Å². The Bertz CT molecular complexity index is 1670. The van der Waals surface area contributed by atoms with Crippen LogP contribution in [0, 0.1) is 28.5 Å². The van der Waals surface area contributed by atoms with Gasteiger partial charge in [0.25, 0.3) is 0 Å². The zero-order valence-corrected chi connectivity index (χ0v) is 21.8. The van der Waals surface area contributed by atoms with Gasteiger partial charge in [0.15, 0.2) is 5.82 Å². The van der Waals surface area contributed by atoms with Gasteiger partial charge in [-0.3, -0.25) is 4.98 Å². The van der Waals surface area contributed by atoms with Crippen molar-refractivity contribution in [1.29, 1.82) is 5.26 Å². The summed E-state index contributed by atoms with van der Waals surface area (Å²) in [6.45, 7) is 6.27. The number of fused-ring (bicyclic) bond motifs is 4. The van der Waals surface area contributed by atoms with Crippen LogP contribution in [0.25, 0.3) is 33.5 Å². The molecular formula is C32H29FN4O. The van der Waals surface area contributed by atoms with E-state index in [0.717, 1.165) is 34.1 Å². The summed E-state index contributed by atoms with van der Waals surface area (Å²) in [5.74, 6) is 0.452. The van der Waals surface area contributed by atoms with Gasteiger partial charge < -0.3 is 5.11 Å². The highest BCUT2D eigenvalue weighted by molar-refractivity contribution is 5.92. The largest absolute Gasteiger partial charge is 0.511 e. The molecular weight excluding hydrogens is 475 g/mol. The fourth-order valence-electron chi connectivity index (χ4n) is 6.95. The molecule has 2 aromatic heterocycles. The van der Waals surface area contributed by atoms with E-state index in [4.69, 9.17) is 9.97 Å². The smallest absolute Gasteiger partial charge is 0.160 e. The molecule has 6 rings (SSSR count). The predicted molar refractivity (Wildman–Crippen MR) is 146 cm³/mol. The van der Waals surface area contributed by atoms with E-state index in [0.29, 0.717) is 41.9 Å². The quantitative estimate of drug-likeness (QED) is 0.313. The molecule has 0 unspecified atom stereocenters. The first kappa shape index (κ1) is 24.2. The maximum absolute atomic E-state index is 15.3. The summed E-state index contributed by atoms with van der Waals surface area (Å²) >= 11 is 0. The molecule has 2 aromatic carbocycles. The number of aliphatic hydroxyl groups excluding tert-OH is 1. The summed E-state index contributed by atoms with van der Waals surface area (Å²) in [6.07, 6.45) is 4.29. The first-order valence-corrected chi connectivity index (χ1v) is 13.1. The van der Waals surface area contributed by atoms with Crippen LogP contribution in [0.1, 0.15) is 51.3 Å². The highest BCUT2D eigenvalue weighted by Gasteiger charge is 2.56. The van der Waals surface area contributed by atoms with E-state index in [2.05, 4.69) is 31.8 Å². The Morgan fingerprint density at radius 3 is 2.58 bits per heavy atom. The molecule has 5 nitrogen and oxygen atoms in total. The van der Waals surface area contributed by atoms with Crippen LogP contribution in [0.2, 0.25) is 0 Å². The van der Waals surface area contributed by atoms with Crippen LogP contribution >= 0.6 is 0 Å². The number of para-hydroxylation sites is 1. The van der Waals surface area contributed by atoms with Gasteiger partial charge in [-0.1, -0.05) is 51.1 Å². The molecule has 1 N–H and O–H groups in total. The standard InChI is InChI=1S/C32H29FN4O/c1-4-31(2)26-14-13-23-27(22-10-5-7-11-24(22)33)36-30(21-15-16-35-25-12-8-6-9-20(21)25)37-28(23)32(26,3)17-19(18-34)29(31)38/h5-12,15-16,26,38H,4,13-14,17H2,1-3H3/t26-,31-,32-/m1/s1. The molecule has 0 fully saturated rings. The van der Waals surface area contributed by atoms with Crippen molar-refractivity contribution >= 4 is 10.9 Å². The number of nitriles is 1. The molecule has 0 amide bonds. The van der Waals surface area contributed by atoms with E-state index in [-0.39, 0.29) is 17.5 Å². The summed E-state index contributed by atoms with van der Waals surface area (Å²) in [5.41, 5.74) is 3.79. The van der Waals surface area contributed by atoms with Gasteiger partial charge in [-0.15, -0.1) is 0 Å². The summed E-state index contributed by atoms with van der Waals surface area (Å²) < 4.78 is 15.3. The van der Waals surface area contributed by atoms with Crippen LogP contribution in [0.4, 0.5) is 4.39 Å². The van der Waals surface area contributed by atoms with E-state index >= 15 is 4.39 Å². The van der Waals surface area contributed by atoms with Gasteiger partial charge in [-0.05, 0) is 55.9 Å². The average Bonchev–Trinajstić information content (AvgIpc) is 2.94. The monoisotopic (exact) mass is 504 g/mol. The minimum absolute atomic E-state index is 0.0648. The Hall–Kier alpha value is -4.11. The van der Waals surface area contributed by atoms with Crippen molar-refractivity contribution in [1.82, 2.24) is 15.0 Å². The number of benzene rings is 2. The molecule has 2 aliphatic carbocycles. The van der Waals surface area contributed by atoms with Crippen LogP contribution in [-0.2, 0) is 11.8 Å². The van der Waals surface area contributed by atoms with E-state index in [9.17, 15) is 10.4 Å². The number of hydrogen-bond acceptors (Lipinski definition) is 5. The van der Waals surface area contributed by atoms with Crippen molar-refractivity contribution in [2.24, 2.45) is 11.3 Å². The Balaban J connectivity index is 1.68. The summed E-state index contributed by atoms with van der Waals surface area (Å²) in [4.78, 5) is 14.7. The molecule has 6 heteroatoms. The number of aromatic nitrogens is 3. The number of pyridine rings is 1. The SMILES string of the molecule is CC[C@@]1(C)C(O)=C(C#N)C[C@@]2(C)c3nc(-c4ccnc5ccccc45)nc(-c4ccccc4F)c3CC[C@H]12. The van der Waals surface area contributed by atoms with Crippen molar-refractivity contribution in [3.63, 3.8) is 0 Å². The second kappa shape index (κ2) is 8.73. The molecule has 0 spiro atoms. The van der Waals surface area contributed by atoms with Crippen molar-refractivity contribution in [3.8, 4) is 28.7 Å². The number of halogens is 1. The Kier molecular flexibility index (Phi) is 5.57. The summed E-state index contributed by atoms with van der Waals surface area (Å²) in [6, 6.07) is 18.8. The van der Waals surface area contributed by atoms with Crippen LogP contribution in [0.15, 0.2) is 72.1 Å². The average molecular weight is 505 g/mol. The van der Waals surface area contributed by atoms with Crippen LogP contribution < -0.4 is 0 Å². The minimum Gasteiger partial charge on any atom is -0.511 e. The van der Waals surface area contributed by atoms with Crippen LogP contribution in [0.5, 0.6) is 0 Å².